The Kier molecular flexibility index (Phi) is 4.18. The van der Waals surface area contributed by atoms with Crippen LogP contribution in [-0.2, 0) is 11.3 Å². The van der Waals surface area contributed by atoms with E-state index in [4.69, 9.17) is 11.6 Å². The van der Waals surface area contributed by atoms with Gasteiger partial charge in [0.2, 0.25) is 0 Å². The summed E-state index contributed by atoms with van der Waals surface area (Å²) in [6, 6.07) is 4.55. The Balaban J connectivity index is 1.86. The van der Waals surface area contributed by atoms with Gasteiger partial charge in [0, 0.05) is 12.6 Å². The van der Waals surface area contributed by atoms with Gasteiger partial charge in [-0.2, -0.15) is 0 Å². The minimum absolute atomic E-state index is 0.112. The monoisotopic (exact) mass is 311 g/mol. The fraction of sp³-hybridized carbons (Fsp3) is 0.562. The summed E-state index contributed by atoms with van der Waals surface area (Å²) in [5, 5.41) is 9.60. The molecule has 114 valence electrons. The fourth-order valence-corrected chi connectivity index (χ4v) is 4.08. The molecule has 1 aromatic rings. The Morgan fingerprint density at radius 3 is 2.90 bits per heavy atom. The smallest absolute Gasteiger partial charge is 0.320 e. The summed E-state index contributed by atoms with van der Waals surface area (Å²) in [6.07, 6.45) is 5.15. The molecule has 1 saturated heterocycles. The highest BCUT2D eigenvalue weighted by atomic mass is 35.5. The third-order valence-corrected chi connectivity index (χ3v) is 5.31. The lowest BCUT2D eigenvalue weighted by molar-refractivity contribution is -0.142. The first-order valence-corrected chi connectivity index (χ1v) is 7.87. The van der Waals surface area contributed by atoms with E-state index >= 15 is 0 Å². The highest BCUT2D eigenvalue weighted by Gasteiger charge is 2.45. The minimum Gasteiger partial charge on any atom is -0.480 e. The van der Waals surface area contributed by atoms with Gasteiger partial charge < -0.3 is 5.11 Å². The van der Waals surface area contributed by atoms with Gasteiger partial charge in [-0.25, -0.2) is 4.39 Å². The third kappa shape index (κ3) is 2.79. The van der Waals surface area contributed by atoms with Crippen molar-refractivity contribution in [2.45, 2.75) is 50.7 Å². The summed E-state index contributed by atoms with van der Waals surface area (Å²) in [4.78, 5) is 13.6. The number of hydrogen-bond donors (Lipinski definition) is 1. The fourth-order valence-electron chi connectivity index (χ4n) is 3.89. The van der Waals surface area contributed by atoms with Crippen LogP contribution in [0.25, 0.3) is 0 Å². The number of benzene rings is 1. The Hall–Kier alpha value is -1.13. The lowest BCUT2D eigenvalue weighted by atomic mass is 9.84. The molecule has 0 radical (unpaired) electrons. The standard InChI is InChI=1S/C16H19ClFNO2/c17-15-11(5-3-6-12(15)18)9-19-13-7-2-1-4-10(13)8-14(19)16(20)21/h3,5-6,10,13-14H,1-2,4,7-9H2,(H,20,21). The summed E-state index contributed by atoms with van der Waals surface area (Å²) in [5.74, 6) is -0.774. The molecular formula is C16H19ClFNO2. The zero-order chi connectivity index (χ0) is 15.0. The number of aliphatic carboxylic acids is 1. The molecule has 3 nitrogen and oxygen atoms in total. The number of rotatable bonds is 3. The molecule has 1 saturated carbocycles. The Bertz CT molecular complexity index is 551. The number of carboxylic acids is 1. The molecule has 21 heavy (non-hydrogen) atoms. The normalized spacial score (nSPS) is 29.3. The van der Waals surface area contributed by atoms with Crippen molar-refractivity contribution in [2.24, 2.45) is 5.92 Å². The van der Waals surface area contributed by atoms with Gasteiger partial charge in [0.25, 0.3) is 0 Å². The van der Waals surface area contributed by atoms with Gasteiger partial charge in [-0.3, -0.25) is 9.69 Å². The van der Waals surface area contributed by atoms with Crippen molar-refractivity contribution in [1.82, 2.24) is 4.90 Å². The lowest BCUT2D eigenvalue weighted by Crippen LogP contribution is -2.41. The summed E-state index contributed by atoms with van der Waals surface area (Å²) >= 11 is 6.03. The maximum Gasteiger partial charge on any atom is 0.320 e. The van der Waals surface area contributed by atoms with Crippen LogP contribution in [0.3, 0.4) is 0 Å². The average molecular weight is 312 g/mol. The molecule has 1 N–H and O–H groups in total. The first-order valence-electron chi connectivity index (χ1n) is 7.49. The van der Waals surface area contributed by atoms with Crippen molar-refractivity contribution < 1.29 is 14.3 Å². The minimum atomic E-state index is -0.781. The molecule has 3 unspecified atom stereocenters. The maximum atomic E-state index is 13.6. The molecular weight excluding hydrogens is 293 g/mol. The van der Waals surface area contributed by atoms with Crippen LogP contribution in [0.4, 0.5) is 4.39 Å². The van der Waals surface area contributed by atoms with E-state index in [0.29, 0.717) is 30.5 Å². The van der Waals surface area contributed by atoms with E-state index in [1.54, 1.807) is 12.1 Å². The van der Waals surface area contributed by atoms with Crippen molar-refractivity contribution in [1.29, 1.82) is 0 Å². The van der Waals surface area contributed by atoms with Crippen LogP contribution in [0, 0.1) is 11.7 Å². The molecule has 2 fully saturated rings. The second-order valence-electron chi connectivity index (χ2n) is 6.09. The molecule has 0 bridgehead atoms. The van der Waals surface area contributed by atoms with Gasteiger partial charge in [-0.05, 0) is 36.8 Å². The van der Waals surface area contributed by atoms with E-state index < -0.39 is 17.8 Å². The highest BCUT2D eigenvalue weighted by Crippen LogP contribution is 2.41. The van der Waals surface area contributed by atoms with E-state index in [1.165, 1.54) is 12.5 Å². The zero-order valence-electron chi connectivity index (χ0n) is 11.8. The van der Waals surface area contributed by atoms with Crippen LogP contribution in [0.15, 0.2) is 18.2 Å². The number of halogens is 2. The number of hydrogen-bond acceptors (Lipinski definition) is 2. The number of carbonyl (C=O) groups is 1. The number of likely N-dealkylation sites (tertiary alicyclic amines) is 1. The predicted octanol–water partition coefficient (Wildman–Crippen LogP) is 3.70. The summed E-state index contributed by atoms with van der Waals surface area (Å²) in [6.45, 7) is 0.411. The molecule has 0 spiro atoms. The number of nitrogens with zero attached hydrogens (tertiary/aromatic N) is 1. The molecule has 1 aromatic carbocycles. The van der Waals surface area contributed by atoms with E-state index in [1.807, 2.05) is 4.90 Å². The highest BCUT2D eigenvalue weighted by molar-refractivity contribution is 6.31. The van der Waals surface area contributed by atoms with Gasteiger partial charge in [0.15, 0.2) is 0 Å². The average Bonchev–Trinajstić information content (AvgIpc) is 2.83. The first kappa shape index (κ1) is 14.8. The molecule has 0 amide bonds. The van der Waals surface area contributed by atoms with E-state index in [9.17, 15) is 14.3 Å². The number of fused-ring (bicyclic) bond motifs is 1. The zero-order valence-corrected chi connectivity index (χ0v) is 12.5. The Labute approximate surface area is 128 Å². The molecule has 2 aliphatic rings. The molecule has 1 aliphatic heterocycles. The molecule has 3 atom stereocenters. The van der Waals surface area contributed by atoms with Crippen molar-refractivity contribution in [3.8, 4) is 0 Å². The van der Waals surface area contributed by atoms with E-state index in [2.05, 4.69) is 0 Å². The van der Waals surface area contributed by atoms with Gasteiger partial charge >= 0.3 is 5.97 Å². The maximum absolute atomic E-state index is 13.6. The van der Waals surface area contributed by atoms with Crippen molar-refractivity contribution in [2.75, 3.05) is 0 Å². The van der Waals surface area contributed by atoms with Gasteiger partial charge in [0.1, 0.15) is 11.9 Å². The van der Waals surface area contributed by atoms with Crippen LogP contribution in [0.2, 0.25) is 5.02 Å². The first-order chi connectivity index (χ1) is 10.1. The Morgan fingerprint density at radius 2 is 2.14 bits per heavy atom. The quantitative estimate of drug-likeness (QED) is 0.925. The van der Waals surface area contributed by atoms with Crippen LogP contribution in [-0.4, -0.2) is 28.1 Å². The molecule has 1 heterocycles. The lowest BCUT2D eigenvalue weighted by Gasteiger charge is -2.33. The predicted molar refractivity (Wildman–Crippen MR) is 78.7 cm³/mol. The van der Waals surface area contributed by atoms with Gasteiger partial charge in [-0.15, -0.1) is 0 Å². The van der Waals surface area contributed by atoms with E-state index in [-0.39, 0.29) is 5.02 Å². The molecule has 0 aromatic heterocycles. The number of carboxylic acid groups (broad SMARTS) is 1. The second kappa shape index (κ2) is 5.93. The van der Waals surface area contributed by atoms with Crippen LogP contribution >= 0.6 is 11.6 Å². The van der Waals surface area contributed by atoms with Crippen LogP contribution in [0.1, 0.15) is 37.7 Å². The Morgan fingerprint density at radius 1 is 1.38 bits per heavy atom. The summed E-state index contributed by atoms with van der Waals surface area (Å²) in [7, 11) is 0. The van der Waals surface area contributed by atoms with Gasteiger partial charge in [-0.1, -0.05) is 36.6 Å². The topological polar surface area (TPSA) is 40.5 Å². The van der Waals surface area contributed by atoms with Crippen molar-refractivity contribution in [3.05, 3.63) is 34.6 Å². The van der Waals surface area contributed by atoms with Crippen LogP contribution < -0.4 is 0 Å². The van der Waals surface area contributed by atoms with E-state index in [0.717, 1.165) is 19.3 Å². The van der Waals surface area contributed by atoms with Gasteiger partial charge in [0.05, 0.1) is 5.02 Å². The SMILES string of the molecule is O=C(O)C1CC2CCCCC2N1Cc1cccc(F)c1Cl. The summed E-state index contributed by atoms with van der Waals surface area (Å²) in [5.41, 5.74) is 0.675. The third-order valence-electron chi connectivity index (χ3n) is 4.89. The largest absolute Gasteiger partial charge is 0.480 e. The molecule has 3 rings (SSSR count). The molecule has 1 aliphatic carbocycles. The van der Waals surface area contributed by atoms with Crippen LogP contribution in [0.5, 0.6) is 0 Å². The van der Waals surface area contributed by atoms with Crippen molar-refractivity contribution >= 4 is 17.6 Å². The van der Waals surface area contributed by atoms with Crippen molar-refractivity contribution in [3.63, 3.8) is 0 Å². The summed E-state index contributed by atoms with van der Waals surface area (Å²) < 4.78 is 13.6. The second-order valence-corrected chi connectivity index (χ2v) is 6.46. The molecule has 5 heteroatoms.